The number of carbonyl (C=O) groups is 2. The van der Waals surface area contributed by atoms with E-state index in [9.17, 15) is 14.0 Å². The lowest BCUT2D eigenvalue weighted by Crippen LogP contribution is -2.13. The molecule has 3 aromatic rings. The number of hydrogen-bond acceptors (Lipinski definition) is 2. The Bertz CT molecular complexity index is 1080. The maximum atomic E-state index is 13.2. The maximum Gasteiger partial charge on any atom is 0.255 e. The Labute approximate surface area is 173 Å². The Kier molecular flexibility index (Phi) is 6.42. The van der Waals surface area contributed by atoms with Crippen LogP contribution in [-0.4, -0.2) is 11.8 Å². The van der Waals surface area contributed by atoms with E-state index >= 15 is 0 Å². The molecule has 0 heterocycles. The van der Waals surface area contributed by atoms with Crippen molar-refractivity contribution < 1.29 is 14.0 Å². The smallest absolute Gasteiger partial charge is 0.255 e. The van der Waals surface area contributed by atoms with Crippen LogP contribution in [0.2, 0.25) is 5.02 Å². The summed E-state index contributed by atoms with van der Waals surface area (Å²) in [6, 6.07) is 18.2. The normalized spacial score (nSPS) is 10.7. The van der Waals surface area contributed by atoms with Crippen LogP contribution < -0.4 is 10.6 Å². The molecule has 0 unspecified atom stereocenters. The first-order valence-corrected chi connectivity index (χ1v) is 9.21. The molecule has 0 atom stereocenters. The Balaban J connectivity index is 1.65. The third-order valence-corrected chi connectivity index (χ3v) is 4.36. The summed E-state index contributed by atoms with van der Waals surface area (Å²) >= 11 is 5.73. The first-order chi connectivity index (χ1) is 13.9. The van der Waals surface area contributed by atoms with Gasteiger partial charge in [0.1, 0.15) is 5.82 Å². The van der Waals surface area contributed by atoms with Crippen LogP contribution in [0.15, 0.2) is 72.8 Å². The number of anilines is 2. The topological polar surface area (TPSA) is 58.2 Å². The molecule has 3 aromatic carbocycles. The molecule has 0 saturated heterocycles. The monoisotopic (exact) mass is 408 g/mol. The van der Waals surface area contributed by atoms with Crippen molar-refractivity contribution >= 4 is 40.9 Å². The number of benzene rings is 3. The average Bonchev–Trinajstić information content (AvgIpc) is 2.70. The second-order valence-electron chi connectivity index (χ2n) is 6.40. The Morgan fingerprint density at radius 2 is 1.66 bits per heavy atom. The molecular formula is C23H18ClFN2O2. The Hall–Kier alpha value is -3.44. The van der Waals surface area contributed by atoms with Gasteiger partial charge in [-0.25, -0.2) is 4.39 Å². The first-order valence-electron chi connectivity index (χ1n) is 8.83. The van der Waals surface area contributed by atoms with Gasteiger partial charge in [0.05, 0.1) is 5.02 Å². The summed E-state index contributed by atoms with van der Waals surface area (Å²) < 4.78 is 13.2. The molecule has 0 spiro atoms. The van der Waals surface area contributed by atoms with E-state index < -0.39 is 11.7 Å². The van der Waals surface area contributed by atoms with Gasteiger partial charge in [0.2, 0.25) is 5.91 Å². The highest BCUT2D eigenvalue weighted by molar-refractivity contribution is 6.31. The van der Waals surface area contributed by atoms with Gasteiger partial charge in [0.15, 0.2) is 0 Å². The lowest BCUT2D eigenvalue weighted by molar-refractivity contribution is -0.111. The lowest BCUT2D eigenvalue weighted by atomic mass is 10.1. The predicted octanol–water partition coefficient (Wildman–Crippen LogP) is 5.69. The van der Waals surface area contributed by atoms with Gasteiger partial charge in [0.25, 0.3) is 5.91 Å². The largest absolute Gasteiger partial charge is 0.322 e. The molecule has 2 amide bonds. The predicted molar refractivity (Wildman–Crippen MR) is 115 cm³/mol. The molecule has 0 aromatic heterocycles. The number of carbonyl (C=O) groups excluding carboxylic acids is 2. The van der Waals surface area contributed by atoms with Crippen molar-refractivity contribution in [3.63, 3.8) is 0 Å². The molecule has 2 N–H and O–H groups in total. The van der Waals surface area contributed by atoms with Crippen LogP contribution in [-0.2, 0) is 4.79 Å². The molecule has 0 bridgehead atoms. The van der Waals surface area contributed by atoms with Gasteiger partial charge in [-0.2, -0.15) is 0 Å². The van der Waals surface area contributed by atoms with E-state index in [4.69, 9.17) is 11.6 Å². The summed E-state index contributed by atoms with van der Waals surface area (Å²) in [7, 11) is 0. The highest BCUT2D eigenvalue weighted by Crippen LogP contribution is 2.20. The molecule has 0 aliphatic carbocycles. The van der Waals surface area contributed by atoms with Crippen LogP contribution >= 0.6 is 11.6 Å². The minimum absolute atomic E-state index is 0.0795. The number of amides is 2. The minimum atomic E-state index is -0.562. The van der Waals surface area contributed by atoms with E-state index in [0.29, 0.717) is 16.9 Å². The van der Waals surface area contributed by atoms with Crippen molar-refractivity contribution in [1.82, 2.24) is 0 Å². The number of nitrogens with one attached hydrogen (secondary N) is 2. The third kappa shape index (κ3) is 5.77. The van der Waals surface area contributed by atoms with Gasteiger partial charge in [0, 0.05) is 23.0 Å². The van der Waals surface area contributed by atoms with E-state index in [1.807, 2.05) is 31.2 Å². The fraction of sp³-hybridized carbons (Fsp3) is 0.0435. The molecule has 0 saturated carbocycles. The fourth-order valence-corrected chi connectivity index (χ4v) is 2.73. The molecule has 3 rings (SSSR count). The molecule has 0 fully saturated rings. The van der Waals surface area contributed by atoms with Crippen molar-refractivity contribution in [2.24, 2.45) is 0 Å². The maximum absolute atomic E-state index is 13.2. The SMILES string of the molecule is Cc1ccc(/C=C/C(=O)Nc2cccc(C(=O)Nc3ccc(F)c(Cl)c3)c2)cc1. The van der Waals surface area contributed by atoms with E-state index in [1.165, 1.54) is 24.3 Å². The van der Waals surface area contributed by atoms with Gasteiger partial charge in [-0.1, -0.05) is 47.5 Å². The molecular weight excluding hydrogens is 391 g/mol. The summed E-state index contributed by atoms with van der Waals surface area (Å²) in [6.45, 7) is 1.99. The fourth-order valence-electron chi connectivity index (χ4n) is 2.55. The lowest BCUT2D eigenvalue weighted by Gasteiger charge is -2.08. The summed E-state index contributed by atoms with van der Waals surface area (Å²) in [5, 5.41) is 5.28. The number of halogens is 2. The van der Waals surface area contributed by atoms with E-state index in [-0.39, 0.29) is 10.9 Å². The molecule has 6 heteroatoms. The average molecular weight is 409 g/mol. The highest BCUT2D eigenvalue weighted by Gasteiger charge is 2.09. The van der Waals surface area contributed by atoms with E-state index in [2.05, 4.69) is 10.6 Å². The summed E-state index contributed by atoms with van der Waals surface area (Å²) in [6.07, 6.45) is 3.14. The number of hydrogen-bond donors (Lipinski definition) is 2. The quantitative estimate of drug-likeness (QED) is 0.532. The van der Waals surface area contributed by atoms with Crippen molar-refractivity contribution in [3.8, 4) is 0 Å². The second-order valence-corrected chi connectivity index (χ2v) is 6.80. The van der Waals surface area contributed by atoms with Crippen LogP contribution in [0.1, 0.15) is 21.5 Å². The van der Waals surface area contributed by atoms with Crippen molar-refractivity contribution in [3.05, 3.63) is 100 Å². The van der Waals surface area contributed by atoms with Gasteiger partial charge in [-0.05, 0) is 55.0 Å². The van der Waals surface area contributed by atoms with Gasteiger partial charge < -0.3 is 10.6 Å². The molecule has 0 aliphatic heterocycles. The first kappa shape index (κ1) is 20.3. The van der Waals surface area contributed by atoms with E-state index in [1.54, 1.807) is 30.3 Å². The van der Waals surface area contributed by atoms with Crippen LogP contribution in [0.25, 0.3) is 6.08 Å². The summed E-state index contributed by atoms with van der Waals surface area (Å²) in [5.74, 6) is -1.28. The Morgan fingerprint density at radius 1 is 0.931 bits per heavy atom. The zero-order valence-electron chi connectivity index (χ0n) is 15.6. The van der Waals surface area contributed by atoms with E-state index in [0.717, 1.165) is 11.1 Å². The van der Waals surface area contributed by atoms with Crippen LogP contribution in [0.4, 0.5) is 15.8 Å². The molecule has 29 heavy (non-hydrogen) atoms. The minimum Gasteiger partial charge on any atom is -0.322 e. The summed E-state index contributed by atoms with van der Waals surface area (Å²) in [5.41, 5.74) is 3.25. The molecule has 0 aliphatic rings. The van der Waals surface area contributed by atoms with Gasteiger partial charge >= 0.3 is 0 Å². The molecule has 0 radical (unpaired) electrons. The number of rotatable bonds is 5. The van der Waals surface area contributed by atoms with Gasteiger partial charge in [-0.3, -0.25) is 9.59 Å². The molecule has 4 nitrogen and oxygen atoms in total. The second kappa shape index (κ2) is 9.17. The van der Waals surface area contributed by atoms with Crippen molar-refractivity contribution in [2.45, 2.75) is 6.92 Å². The Morgan fingerprint density at radius 3 is 2.38 bits per heavy atom. The van der Waals surface area contributed by atoms with Crippen LogP contribution in [0.3, 0.4) is 0 Å². The van der Waals surface area contributed by atoms with Gasteiger partial charge in [-0.15, -0.1) is 0 Å². The zero-order valence-corrected chi connectivity index (χ0v) is 16.3. The van der Waals surface area contributed by atoms with Crippen molar-refractivity contribution in [2.75, 3.05) is 10.6 Å². The van der Waals surface area contributed by atoms with Crippen LogP contribution in [0.5, 0.6) is 0 Å². The summed E-state index contributed by atoms with van der Waals surface area (Å²) in [4.78, 5) is 24.6. The number of aryl methyl sites for hydroxylation is 1. The zero-order chi connectivity index (χ0) is 20.8. The third-order valence-electron chi connectivity index (χ3n) is 4.07. The standard InChI is InChI=1S/C23H18ClFN2O2/c1-15-5-7-16(8-6-15)9-12-22(28)26-18-4-2-3-17(13-18)23(29)27-19-10-11-21(25)20(24)14-19/h2-14H,1H3,(H,26,28)(H,27,29)/b12-9+. The molecule has 146 valence electrons. The van der Waals surface area contributed by atoms with Crippen molar-refractivity contribution in [1.29, 1.82) is 0 Å². The highest BCUT2D eigenvalue weighted by atomic mass is 35.5. The van der Waals surface area contributed by atoms with Crippen LogP contribution in [0, 0.1) is 12.7 Å².